The van der Waals surface area contributed by atoms with E-state index in [2.05, 4.69) is 0 Å². The summed E-state index contributed by atoms with van der Waals surface area (Å²) in [5, 5.41) is 0.652. The minimum atomic E-state index is -0.151. The molecule has 20 heavy (non-hydrogen) atoms. The molecule has 1 aromatic rings. The third-order valence-corrected chi connectivity index (χ3v) is 3.71. The maximum atomic E-state index is 12.6. The number of amides is 1. The lowest BCUT2D eigenvalue weighted by molar-refractivity contribution is 0.0741. The van der Waals surface area contributed by atoms with Gasteiger partial charge < -0.3 is 10.6 Å². The molecule has 1 rings (SSSR count). The van der Waals surface area contributed by atoms with Crippen LogP contribution in [0.5, 0.6) is 0 Å². The Morgan fingerprint density at radius 1 is 1.40 bits per heavy atom. The summed E-state index contributed by atoms with van der Waals surface area (Å²) >= 11 is 16.9. The van der Waals surface area contributed by atoms with E-state index in [9.17, 15) is 4.79 Å². The summed E-state index contributed by atoms with van der Waals surface area (Å²) in [6.45, 7) is 5.18. The first kappa shape index (κ1) is 17.2. The summed E-state index contributed by atoms with van der Waals surface area (Å²) < 4.78 is 0. The van der Waals surface area contributed by atoms with Crippen LogP contribution in [0.2, 0.25) is 10.0 Å². The van der Waals surface area contributed by atoms with Crippen LogP contribution >= 0.6 is 35.4 Å². The number of nitrogens with two attached hydrogens (primary N) is 1. The number of halogens is 2. The predicted octanol–water partition coefficient (Wildman–Crippen LogP) is 3.77. The number of hydrogen-bond donors (Lipinski definition) is 1. The zero-order valence-electron chi connectivity index (χ0n) is 11.5. The van der Waals surface area contributed by atoms with Gasteiger partial charge in [-0.15, -0.1) is 0 Å². The molecule has 110 valence electrons. The van der Waals surface area contributed by atoms with Gasteiger partial charge in [0.2, 0.25) is 0 Å². The zero-order chi connectivity index (χ0) is 15.3. The Hall–Kier alpha value is -0.840. The molecule has 0 aliphatic carbocycles. The first-order chi connectivity index (χ1) is 9.32. The molecule has 3 nitrogen and oxygen atoms in total. The van der Waals surface area contributed by atoms with Crippen LogP contribution in [0.4, 0.5) is 0 Å². The fraction of sp³-hybridized carbons (Fsp3) is 0.429. The van der Waals surface area contributed by atoms with Crippen molar-refractivity contribution in [3.63, 3.8) is 0 Å². The average molecular weight is 333 g/mol. The van der Waals surface area contributed by atoms with Gasteiger partial charge in [-0.1, -0.05) is 55.3 Å². The molecule has 0 fully saturated rings. The van der Waals surface area contributed by atoms with Crippen molar-refractivity contribution in [1.29, 1.82) is 0 Å². The molecule has 2 N–H and O–H groups in total. The van der Waals surface area contributed by atoms with Gasteiger partial charge in [0.15, 0.2) is 0 Å². The third-order valence-electron chi connectivity index (χ3n) is 2.68. The maximum Gasteiger partial charge on any atom is 0.255 e. The Morgan fingerprint density at radius 3 is 2.60 bits per heavy atom. The molecule has 0 aliphatic rings. The van der Waals surface area contributed by atoms with Crippen LogP contribution in [0.3, 0.4) is 0 Å². The van der Waals surface area contributed by atoms with Crippen LogP contribution < -0.4 is 5.73 Å². The van der Waals surface area contributed by atoms with Gasteiger partial charge in [-0.25, -0.2) is 0 Å². The molecule has 0 aromatic heterocycles. The van der Waals surface area contributed by atoms with Crippen molar-refractivity contribution in [3.05, 3.63) is 33.8 Å². The highest BCUT2D eigenvalue weighted by atomic mass is 35.5. The van der Waals surface area contributed by atoms with Crippen LogP contribution in [-0.4, -0.2) is 28.9 Å². The monoisotopic (exact) mass is 332 g/mol. The van der Waals surface area contributed by atoms with Crippen LogP contribution in [0.15, 0.2) is 18.2 Å². The molecule has 0 saturated carbocycles. The minimum absolute atomic E-state index is 0.151. The SMILES string of the molecule is CC(C)CN(CCC(N)=S)C(=O)c1cccc(Cl)c1Cl. The van der Waals surface area contributed by atoms with Crippen LogP contribution in [0, 0.1) is 5.92 Å². The second-order valence-electron chi connectivity index (χ2n) is 4.96. The molecule has 6 heteroatoms. The molecular formula is C14H18Cl2N2OS. The lowest BCUT2D eigenvalue weighted by atomic mass is 10.1. The van der Waals surface area contributed by atoms with E-state index >= 15 is 0 Å². The first-order valence-corrected chi connectivity index (χ1v) is 7.51. The van der Waals surface area contributed by atoms with E-state index in [0.29, 0.717) is 41.0 Å². The van der Waals surface area contributed by atoms with E-state index in [1.165, 1.54) is 0 Å². The van der Waals surface area contributed by atoms with Crippen molar-refractivity contribution in [3.8, 4) is 0 Å². The minimum Gasteiger partial charge on any atom is -0.393 e. The molecule has 0 atom stereocenters. The standard InChI is InChI=1S/C14H18Cl2N2OS/c1-9(2)8-18(7-6-12(17)20)14(19)10-4-3-5-11(15)13(10)16/h3-5,9H,6-8H2,1-2H3,(H2,17,20). The van der Waals surface area contributed by atoms with E-state index in [1.54, 1.807) is 23.1 Å². The molecule has 1 aromatic carbocycles. The van der Waals surface area contributed by atoms with E-state index in [1.807, 2.05) is 13.8 Å². The molecule has 0 radical (unpaired) electrons. The van der Waals surface area contributed by atoms with Crippen molar-refractivity contribution < 1.29 is 4.79 Å². The summed E-state index contributed by atoms with van der Waals surface area (Å²) in [5.41, 5.74) is 5.92. The molecule has 0 aliphatic heterocycles. The number of carbonyl (C=O) groups excluding carboxylic acids is 1. The number of carbonyl (C=O) groups is 1. The van der Waals surface area contributed by atoms with Crippen LogP contribution in [-0.2, 0) is 0 Å². The number of rotatable bonds is 6. The van der Waals surface area contributed by atoms with Gasteiger partial charge in [0.1, 0.15) is 0 Å². The van der Waals surface area contributed by atoms with Crippen molar-refractivity contribution >= 4 is 46.3 Å². The quantitative estimate of drug-likeness (QED) is 0.806. The largest absolute Gasteiger partial charge is 0.393 e. The third kappa shape index (κ3) is 4.93. The smallest absolute Gasteiger partial charge is 0.255 e. The Kier molecular flexibility index (Phi) is 6.72. The molecule has 0 heterocycles. The van der Waals surface area contributed by atoms with Crippen molar-refractivity contribution in [1.82, 2.24) is 4.90 Å². The summed E-state index contributed by atoms with van der Waals surface area (Å²) in [7, 11) is 0. The number of nitrogens with zero attached hydrogens (tertiary/aromatic N) is 1. The summed E-state index contributed by atoms with van der Waals surface area (Å²) in [6.07, 6.45) is 0.492. The van der Waals surface area contributed by atoms with Gasteiger partial charge in [-0.3, -0.25) is 4.79 Å². The number of thiocarbonyl (C=S) groups is 1. The molecule has 0 spiro atoms. The van der Waals surface area contributed by atoms with E-state index in [0.717, 1.165) is 0 Å². The van der Waals surface area contributed by atoms with Crippen LogP contribution in [0.1, 0.15) is 30.6 Å². The Morgan fingerprint density at radius 2 is 2.05 bits per heavy atom. The van der Waals surface area contributed by atoms with E-state index in [4.69, 9.17) is 41.2 Å². The molecule has 0 unspecified atom stereocenters. The van der Waals surface area contributed by atoms with Gasteiger partial charge in [0.25, 0.3) is 5.91 Å². The topological polar surface area (TPSA) is 46.3 Å². The Bertz CT molecular complexity index is 506. The summed E-state index contributed by atoms with van der Waals surface area (Å²) in [5.74, 6) is 0.186. The Balaban J connectivity index is 2.96. The zero-order valence-corrected chi connectivity index (χ0v) is 13.9. The lowest BCUT2D eigenvalue weighted by Gasteiger charge is -2.25. The van der Waals surface area contributed by atoms with Gasteiger partial charge >= 0.3 is 0 Å². The summed E-state index contributed by atoms with van der Waals surface area (Å²) in [4.78, 5) is 14.7. The van der Waals surface area contributed by atoms with E-state index < -0.39 is 0 Å². The van der Waals surface area contributed by atoms with Gasteiger partial charge in [0, 0.05) is 19.5 Å². The first-order valence-electron chi connectivity index (χ1n) is 6.34. The number of benzene rings is 1. The van der Waals surface area contributed by atoms with Crippen molar-refractivity contribution in [2.45, 2.75) is 20.3 Å². The highest BCUT2D eigenvalue weighted by molar-refractivity contribution is 7.80. The average Bonchev–Trinajstić information content (AvgIpc) is 2.36. The molecule has 1 amide bonds. The lowest BCUT2D eigenvalue weighted by Crippen LogP contribution is -2.36. The van der Waals surface area contributed by atoms with Gasteiger partial charge in [-0.2, -0.15) is 0 Å². The number of hydrogen-bond acceptors (Lipinski definition) is 2. The van der Waals surface area contributed by atoms with E-state index in [-0.39, 0.29) is 10.9 Å². The predicted molar refractivity (Wildman–Crippen MR) is 88.6 cm³/mol. The Labute approximate surface area is 135 Å². The van der Waals surface area contributed by atoms with Gasteiger partial charge in [0.05, 0.1) is 20.6 Å². The van der Waals surface area contributed by atoms with Crippen molar-refractivity contribution in [2.75, 3.05) is 13.1 Å². The molecule has 0 bridgehead atoms. The fourth-order valence-corrected chi connectivity index (χ4v) is 2.27. The second kappa shape index (κ2) is 7.81. The normalized spacial score (nSPS) is 10.7. The maximum absolute atomic E-state index is 12.6. The van der Waals surface area contributed by atoms with Crippen molar-refractivity contribution in [2.24, 2.45) is 11.7 Å². The fourth-order valence-electron chi connectivity index (χ4n) is 1.80. The molecule has 0 saturated heterocycles. The van der Waals surface area contributed by atoms with Crippen LogP contribution in [0.25, 0.3) is 0 Å². The highest BCUT2D eigenvalue weighted by Crippen LogP contribution is 2.26. The summed E-state index contributed by atoms with van der Waals surface area (Å²) in [6, 6.07) is 5.04. The highest BCUT2D eigenvalue weighted by Gasteiger charge is 2.20. The second-order valence-corrected chi connectivity index (χ2v) is 6.27. The molecular weight excluding hydrogens is 315 g/mol. The van der Waals surface area contributed by atoms with Gasteiger partial charge in [-0.05, 0) is 18.1 Å².